The molecule has 0 atom stereocenters. The van der Waals surface area contributed by atoms with Crippen molar-refractivity contribution in [2.24, 2.45) is 0 Å². The van der Waals surface area contributed by atoms with Crippen molar-refractivity contribution in [2.75, 3.05) is 0 Å². The molecule has 2 aromatic heterocycles. The Balaban J connectivity index is 0.000000373. The van der Waals surface area contributed by atoms with E-state index in [1.165, 1.54) is 112 Å². The quantitative estimate of drug-likeness (QED) is 0.112. The van der Waals surface area contributed by atoms with E-state index in [0.29, 0.717) is 0 Å². The molecule has 0 aliphatic carbocycles. The van der Waals surface area contributed by atoms with Gasteiger partial charge in [0.25, 0.3) is 0 Å². The van der Waals surface area contributed by atoms with Crippen molar-refractivity contribution < 1.29 is 32.2 Å². The normalized spacial score (nSPS) is 10.3. The maximum atomic E-state index is 5.88. The zero-order valence-corrected chi connectivity index (χ0v) is 42.8. The second-order valence-corrected chi connectivity index (χ2v) is 15.2. The molecule has 0 aliphatic heterocycles. The van der Waals surface area contributed by atoms with Crippen LogP contribution in [-0.4, -0.2) is 6.88 Å². The van der Waals surface area contributed by atoms with E-state index in [1.54, 1.807) is 0 Å². The first-order chi connectivity index (χ1) is 27.0. The molecule has 8 rings (SSSR count). The summed E-state index contributed by atoms with van der Waals surface area (Å²) >= 11 is 1.36. The second kappa shape index (κ2) is 23.0. The Hall–Kier alpha value is -3.66. The molecule has 0 saturated heterocycles. The Bertz CT molecular complexity index is 2420. The van der Waals surface area contributed by atoms with Gasteiger partial charge in [0, 0.05) is 0 Å². The predicted octanol–water partition coefficient (Wildman–Crippen LogP) is 16.4. The van der Waals surface area contributed by atoms with E-state index in [-0.39, 0.29) is 39.7 Å². The minimum atomic E-state index is 0. The molecule has 2 heterocycles. The molecular formula is C54H62Cl2O2SiZr-4. The molecule has 0 amide bonds. The first kappa shape index (κ1) is 52.5. The average Bonchev–Trinajstić information content (AvgIpc) is 4.03. The van der Waals surface area contributed by atoms with Crippen molar-refractivity contribution in [3.8, 4) is 44.9 Å². The fourth-order valence-corrected chi connectivity index (χ4v) is 8.04. The first-order valence-electron chi connectivity index (χ1n) is 20.1. The number of hydrogen-bond acceptors (Lipinski definition) is 2. The topological polar surface area (TPSA) is 26.3 Å². The first-order valence-corrected chi connectivity index (χ1v) is 24.2. The van der Waals surface area contributed by atoms with Crippen LogP contribution >= 0.6 is 24.8 Å². The van der Waals surface area contributed by atoms with Gasteiger partial charge in [0.1, 0.15) is 0 Å². The van der Waals surface area contributed by atoms with Crippen molar-refractivity contribution in [1.82, 2.24) is 0 Å². The third kappa shape index (κ3) is 11.0. The fourth-order valence-electron chi connectivity index (χ4n) is 8.04. The summed E-state index contributed by atoms with van der Waals surface area (Å²) < 4.78 is 11.8. The van der Waals surface area contributed by atoms with E-state index in [0.717, 1.165) is 59.9 Å². The molecule has 2 radical (unpaired) electrons. The minimum absolute atomic E-state index is 0. The Morgan fingerprint density at radius 3 is 1.05 bits per heavy atom. The summed E-state index contributed by atoms with van der Waals surface area (Å²) in [5, 5.41) is 5.21. The van der Waals surface area contributed by atoms with Crippen LogP contribution in [0.4, 0.5) is 0 Å². The van der Waals surface area contributed by atoms with Crippen LogP contribution in [0.5, 0.6) is 0 Å². The summed E-state index contributed by atoms with van der Waals surface area (Å²) in [6, 6.07) is 36.0. The second-order valence-electron chi connectivity index (χ2n) is 15.2. The average molecular weight is 933 g/mol. The monoisotopic (exact) mass is 930 g/mol. The number of aryl methyl sites for hydroxylation is 8. The van der Waals surface area contributed by atoms with E-state index in [2.05, 4.69) is 147 Å². The molecule has 0 fully saturated rings. The molecule has 316 valence electrons. The van der Waals surface area contributed by atoms with Crippen LogP contribution in [0.1, 0.15) is 83.7 Å². The molecule has 0 N–H and O–H groups in total. The Morgan fingerprint density at radius 2 is 0.783 bits per heavy atom. The zero-order valence-electron chi connectivity index (χ0n) is 37.7. The van der Waals surface area contributed by atoms with Crippen molar-refractivity contribution in [2.45, 2.75) is 94.9 Å². The van der Waals surface area contributed by atoms with Crippen LogP contribution in [0.3, 0.4) is 0 Å². The van der Waals surface area contributed by atoms with E-state index < -0.39 is 0 Å². The van der Waals surface area contributed by atoms with Gasteiger partial charge >= 0.3 is 30.2 Å². The van der Waals surface area contributed by atoms with E-state index in [4.69, 9.17) is 8.83 Å². The van der Waals surface area contributed by atoms with Gasteiger partial charge in [-0.05, 0) is 136 Å². The van der Waals surface area contributed by atoms with Gasteiger partial charge in [-0.1, -0.05) is 97.5 Å². The molecule has 0 saturated carbocycles. The standard InChI is InChI=1S/2C26H27O.2CH3.2ClH.Si.Zr/c2*1-6-19-11-20(7-2)13-23(12-19)26-18(5)16(3)10-21-14-22(15-24(21)26)25-9-8-17(4)27-25;;;;;;/h2*8-15H,6-7H2,1-5H3;2*1H3;2*1H;;/q4*-1;;;;. The molecule has 6 heteroatoms. The number of hydrogen-bond donors (Lipinski definition) is 0. The zero-order chi connectivity index (χ0) is 40.3. The Morgan fingerprint density at radius 1 is 0.467 bits per heavy atom. The number of rotatable bonds is 8. The third-order valence-corrected chi connectivity index (χ3v) is 11.4. The van der Waals surface area contributed by atoms with Crippen molar-refractivity contribution in [1.29, 1.82) is 0 Å². The molecular weight excluding hydrogens is 871 g/mol. The molecule has 0 spiro atoms. The molecule has 60 heavy (non-hydrogen) atoms. The fraction of sp³-hybridized carbons (Fsp3) is 0.259. The van der Waals surface area contributed by atoms with E-state index in [9.17, 15) is 0 Å². The van der Waals surface area contributed by atoms with Crippen LogP contribution in [0, 0.1) is 56.4 Å². The number of fused-ring (bicyclic) bond motifs is 2. The van der Waals surface area contributed by atoms with Gasteiger partial charge < -0.3 is 23.7 Å². The van der Waals surface area contributed by atoms with Crippen LogP contribution in [0.2, 0.25) is 0 Å². The van der Waals surface area contributed by atoms with Gasteiger partial charge in [0.15, 0.2) is 0 Å². The summed E-state index contributed by atoms with van der Waals surface area (Å²) in [7, 11) is 0. The summed E-state index contributed by atoms with van der Waals surface area (Å²) in [6.45, 7) is 24.9. The molecule has 0 bridgehead atoms. The van der Waals surface area contributed by atoms with Gasteiger partial charge in [0.2, 0.25) is 0 Å². The summed E-state index contributed by atoms with van der Waals surface area (Å²) in [5.41, 5.74) is 18.8. The molecule has 0 unspecified atom stereocenters. The van der Waals surface area contributed by atoms with Crippen LogP contribution in [0.25, 0.3) is 66.4 Å². The van der Waals surface area contributed by atoms with Crippen LogP contribution in [-0.2, 0) is 49.0 Å². The van der Waals surface area contributed by atoms with E-state index in [1.807, 2.05) is 26.0 Å². The van der Waals surface area contributed by atoms with Gasteiger partial charge in [-0.3, -0.25) is 0 Å². The van der Waals surface area contributed by atoms with Gasteiger partial charge in [0.05, 0.1) is 23.0 Å². The summed E-state index contributed by atoms with van der Waals surface area (Å²) in [6.07, 6.45) is 4.25. The van der Waals surface area contributed by atoms with Crippen molar-refractivity contribution in [3.63, 3.8) is 0 Å². The van der Waals surface area contributed by atoms with E-state index >= 15 is 0 Å². The summed E-state index contributed by atoms with van der Waals surface area (Å²) in [5.74, 6) is 3.79. The molecule has 8 aromatic rings. The Kier molecular flexibility index (Phi) is 20.1. The Labute approximate surface area is 390 Å². The predicted molar refractivity (Wildman–Crippen MR) is 264 cm³/mol. The maximum absolute atomic E-state index is 5.88. The van der Waals surface area contributed by atoms with Crippen LogP contribution < -0.4 is 0 Å². The number of furan rings is 2. The van der Waals surface area contributed by atoms with Gasteiger partial charge in [-0.15, -0.1) is 82.8 Å². The molecule has 2 nitrogen and oxygen atoms in total. The van der Waals surface area contributed by atoms with Crippen LogP contribution in [0.15, 0.2) is 106 Å². The summed E-state index contributed by atoms with van der Waals surface area (Å²) in [4.78, 5) is 0. The van der Waals surface area contributed by atoms with Gasteiger partial charge in [-0.2, -0.15) is 0 Å². The number of benzene rings is 4. The van der Waals surface area contributed by atoms with Crippen molar-refractivity contribution >= 4 is 53.2 Å². The number of halogens is 2. The molecule has 0 aliphatic rings. The molecule has 6 aromatic carbocycles. The third-order valence-electron chi connectivity index (χ3n) is 11.4. The van der Waals surface area contributed by atoms with Crippen molar-refractivity contribution in [3.05, 3.63) is 168 Å². The van der Waals surface area contributed by atoms with Gasteiger partial charge in [-0.25, -0.2) is 0 Å². The SMILES string of the molecule is CCc1cc(CC)cc(-c2c(C)c(C)cc3[cH-]c(-c4ccc(C)o4)cc23)c1.CCc1cc(CC)cc(-c2c(C)c(C)cc3[cH-]c(-c4ccc(C)o4)cc23)c1.Cl.Cl.[CH3-].[CH3-].[Si]=[Zr].